The number of hydrogen-bond donors (Lipinski definition) is 1. The van der Waals surface area contributed by atoms with Gasteiger partial charge in [-0.3, -0.25) is 0 Å². The molecule has 1 aromatic heterocycles. The number of piperazine rings is 1. The third-order valence-corrected chi connectivity index (χ3v) is 5.31. The summed E-state index contributed by atoms with van der Waals surface area (Å²) < 4.78 is 9.31. The summed E-state index contributed by atoms with van der Waals surface area (Å²) in [5, 5.41) is 8.50. The molecule has 2 aromatic carbocycles. The Balaban J connectivity index is 1.41. The van der Waals surface area contributed by atoms with Crippen molar-refractivity contribution in [1.82, 2.24) is 19.8 Å². The largest absolute Gasteiger partial charge is 0.497 e. The van der Waals surface area contributed by atoms with Crippen molar-refractivity contribution in [1.29, 1.82) is 0 Å². The van der Waals surface area contributed by atoms with Crippen LogP contribution in [0.3, 0.4) is 0 Å². The van der Waals surface area contributed by atoms with Crippen LogP contribution in [0, 0.1) is 4.77 Å². The molecule has 27 heavy (non-hydrogen) atoms. The maximum atomic E-state index is 5.58. The highest BCUT2D eigenvalue weighted by atomic mass is 32.1. The molecule has 4 rings (SSSR count). The first kappa shape index (κ1) is 17.7. The number of nitrogens with zero attached hydrogens (tertiary/aromatic N) is 5. The molecule has 0 unspecified atom stereocenters. The zero-order chi connectivity index (χ0) is 18.6. The second-order valence-electron chi connectivity index (χ2n) is 6.60. The van der Waals surface area contributed by atoms with Crippen molar-refractivity contribution < 1.29 is 9.64 Å². The number of para-hydroxylation sites is 1. The molecule has 2 heterocycles. The summed E-state index contributed by atoms with van der Waals surface area (Å²) in [6, 6.07) is 18.2. The fourth-order valence-corrected chi connectivity index (χ4v) is 3.59. The molecule has 0 atom stereocenters. The summed E-state index contributed by atoms with van der Waals surface area (Å²) in [4.78, 5) is 3.89. The quantitative estimate of drug-likeness (QED) is 0.671. The molecule has 0 spiro atoms. The number of tetrazole rings is 1. The van der Waals surface area contributed by atoms with E-state index in [1.54, 1.807) is 11.8 Å². The van der Waals surface area contributed by atoms with Crippen molar-refractivity contribution in [2.45, 2.75) is 6.67 Å². The van der Waals surface area contributed by atoms with Crippen LogP contribution in [0.4, 0.5) is 5.69 Å². The second-order valence-corrected chi connectivity index (χ2v) is 6.97. The summed E-state index contributed by atoms with van der Waals surface area (Å²) in [6.45, 7) is 4.88. The van der Waals surface area contributed by atoms with Crippen LogP contribution in [0.5, 0.6) is 5.75 Å². The highest BCUT2D eigenvalue weighted by Gasteiger charge is 2.21. The summed E-state index contributed by atoms with van der Waals surface area (Å²) in [5.74, 6) is 0.804. The van der Waals surface area contributed by atoms with E-state index in [0.717, 1.165) is 44.3 Å². The molecule has 140 valence electrons. The van der Waals surface area contributed by atoms with Crippen molar-refractivity contribution >= 4 is 17.9 Å². The fraction of sp³-hybridized carbons (Fsp3) is 0.316. The molecule has 1 saturated heterocycles. The van der Waals surface area contributed by atoms with E-state index in [2.05, 4.69) is 45.7 Å². The molecular weight excluding hydrogens is 360 g/mol. The molecule has 1 fully saturated rings. The average molecular weight is 384 g/mol. The van der Waals surface area contributed by atoms with Crippen LogP contribution in [-0.2, 0) is 6.67 Å². The summed E-state index contributed by atoms with van der Waals surface area (Å²) in [6.07, 6.45) is 0. The van der Waals surface area contributed by atoms with Crippen LogP contribution < -0.4 is 14.5 Å². The maximum absolute atomic E-state index is 5.58. The molecule has 0 radical (unpaired) electrons. The van der Waals surface area contributed by atoms with Gasteiger partial charge in [0.1, 0.15) is 5.75 Å². The molecule has 1 aliphatic heterocycles. The number of quaternary nitrogens is 1. The van der Waals surface area contributed by atoms with E-state index in [0.29, 0.717) is 4.77 Å². The van der Waals surface area contributed by atoms with Crippen LogP contribution in [0.15, 0.2) is 54.6 Å². The van der Waals surface area contributed by atoms with E-state index in [1.165, 1.54) is 10.6 Å². The lowest BCUT2D eigenvalue weighted by Crippen LogP contribution is -3.14. The van der Waals surface area contributed by atoms with E-state index in [9.17, 15) is 0 Å². The first-order valence-electron chi connectivity index (χ1n) is 9.05. The Labute approximate surface area is 163 Å². The zero-order valence-corrected chi connectivity index (χ0v) is 16.1. The van der Waals surface area contributed by atoms with Crippen LogP contribution in [0.1, 0.15) is 0 Å². The first-order valence-corrected chi connectivity index (χ1v) is 9.46. The third kappa shape index (κ3) is 3.86. The minimum absolute atomic E-state index is 0.609. The van der Waals surface area contributed by atoms with Gasteiger partial charge >= 0.3 is 0 Å². The minimum Gasteiger partial charge on any atom is -0.497 e. The van der Waals surface area contributed by atoms with Gasteiger partial charge in [0.2, 0.25) is 4.77 Å². The van der Waals surface area contributed by atoms with E-state index in [1.807, 2.05) is 28.9 Å². The molecule has 0 saturated carbocycles. The SMILES string of the molecule is COc1ccc(-n2nnn(C[NH+]3CCN(c4ccccc4)CC3)c2=S)cc1. The van der Waals surface area contributed by atoms with E-state index >= 15 is 0 Å². The molecular formula is C19H23N6OS+. The van der Waals surface area contributed by atoms with Gasteiger partial charge in [0.25, 0.3) is 0 Å². The lowest BCUT2D eigenvalue weighted by molar-refractivity contribution is -0.924. The number of rotatable bonds is 5. The molecule has 3 aromatic rings. The average Bonchev–Trinajstić information content (AvgIpc) is 3.09. The normalized spacial score (nSPS) is 15.1. The van der Waals surface area contributed by atoms with Crippen LogP contribution in [0.25, 0.3) is 5.69 Å². The lowest BCUT2D eigenvalue weighted by atomic mass is 10.2. The number of aromatic nitrogens is 4. The van der Waals surface area contributed by atoms with Crippen molar-refractivity contribution in [3.63, 3.8) is 0 Å². The maximum Gasteiger partial charge on any atom is 0.225 e. The Hall–Kier alpha value is -2.71. The first-order chi connectivity index (χ1) is 13.2. The Morgan fingerprint density at radius 2 is 1.67 bits per heavy atom. The molecule has 1 aliphatic rings. The van der Waals surface area contributed by atoms with Crippen LogP contribution >= 0.6 is 12.2 Å². The van der Waals surface area contributed by atoms with Crippen molar-refractivity contribution in [2.24, 2.45) is 0 Å². The van der Waals surface area contributed by atoms with Gasteiger partial charge in [-0.05, 0) is 59.0 Å². The molecule has 0 amide bonds. The summed E-state index contributed by atoms with van der Waals surface area (Å²) in [5.41, 5.74) is 2.18. The summed E-state index contributed by atoms with van der Waals surface area (Å²) >= 11 is 5.58. The summed E-state index contributed by atoms with van der Waals surface area (Å²) in [7, 11) is 1.65. The second kappa shape index (κ2) is 7.89. The monoisotopic (exact) mass is 383 g/mol. The predicted molar refractivity (Wildman–Crippen MR) is 106 cm³/mol. The predicted octanol–water partition coefficient (Wildman–Crippen LogP) is 1.17. The van der Waals surface area contributed by atoms with Crippen LogP contribution in [-0.4, -0.2) is 53.1 Å². The Bertz CT molecular complexity index is 929. The number of ether oxygens (including phenoxy) is 1. The van der Waals surface area contributed by atoms with Gasteiger partial charge in [-0.1, -0.05) is 18.2 Å². The highest BCUT2D eigenvalue weighted by Crippen LogP contribution is 2.14. The van der Waals surface area contributed by atoms with Crippen molar-refractivity contribution in [3.05, 3.63) is 59.4 Å². The smallest absolute Gasteiger partial charge is 0.225 e. The van der Waals surface area contributed by atoms with Gasteiger partial charge in [0.05, 0.1) is 39.0 Å². The lowest BCUT2D eigenvalue weighted by Gasteiger charge is -2.33. The number of anilines is 1. The van der Waals surface area contributed by atoms with Crippen molar-refractivity contribution in [3.8, 4) is 11.4 Å². The number of hydrogen-bond acceptors (Lipinski definition) is 5. The minimum atomic E-state index is 0.609. The molecule has 0 aliphatic carbocycles. The number of nitrogens with one attached hydrogen (secondary N) is 1. The van der Waals surface area contributed by atoms with Gasteiger partial charge in [-0.25, -0.2) is 0 Å². The third-order valence-electron chi connectivity index (χ3n) is 4.92. The van der Waals surface area contributed by atoms with Gasteiger partial charge in [0, 0.05) is 5.69 Å². The van der Waals surface area contributed by atoms with Gasteiger partial charge in [-0.2, -0.15) is 9.36 Å². The fourth-order valence-electron chi connectivity index (χ4n) is 3.35. The number of methoxy groups -OCH3 is 1. The highest BCUT2D eigenvalue weighted by molar-refractivity contribution is 7.71. The van der Waals surface area contributed by atoms with Gasteiger partial charge < -0.3 is 14.5 Å². The Morgan fingerprint density at radius 3 is 2.33 bits per heavy atom. The molecule has 8 heteroatoms. The Kier molecular flexibility index (Phi) is 5.17. The van der Waals surface area contributed by atoms with E-state index < -0.39 is 0 Å². The van der Waals surface area contributed by atoms with E-state index in [4.69, 9.17) is 17.0 Å². The Morgan fingerprint density at radius 1 is 0.963 bits per heavy atom. The zero-order valence-electron chi connectivity index (χ0n) is 15.3. The van der Waals surface area contributed by atoms with Gasteiger partial charge in [0.15, 0.2) is 6.67 Å². The standard InChI is InChI=1S/C19H22N6OS/c1-26-18-9-7-17(8-10-18)25-19(27)24(20-21-25)15-22-11-13-23(14-12-22)16-5-3-2-4-6-16/h2-10H,11-15H2,1H3/p+1. The van der Waals surface area contributed by atoms with Gasteiger partial charge in [-0.15, -0.1) is 0 Å². The molecule has 1 N–H and O–H groups in total. The molecule has 0 bridgehead atoms. The van der Waals surface area contributed by atoms with Crippen molar-refractivity contribution in [2.75, 3.05) is 38.2 Å². The number of benzene rings is 2. The molecule has 7 nitrogen and oxygen atoms in total. The van der Waals surface area contributed by atoms with E-state index in [-0.39, 0.29) is 0 Å². The topological polar surface area (TPSA) is 52.5 Å². The van der Waals surface area contributed by atoms with Crippen LogP contribution in [0.2, 0.25) is 0 Å².